The second-order valence-electron chi connectivity index (χ2n) is 8.17. The Balaban J connectivity index is 1.80. The van der Waals surface area contributed by atoms with Crippen molar-refractivity contribution < 1.29 is 26.8 Å². The van der Waals surface area contributed by atoms with Gasteiger partial charge in [-0.15, -0.1) is 0 Å². The minimum absolute atomic E-state index is 0.0715. The van der Waals surface area contributed by atoms with Gasteiger partial charge < -0.3 is 9.73 Å². The van der Waals surface area contributed by atoms with E-state index in [0.717, 1.165) is 12.1 Å². The Morgan fingerprint density at radius 1 is 1.09 bits per heavy atom. The number of hydrogen-bond donors (Lipinski definition) is 1. The largest absolute Gasteiger partial charge is 0.447 e. The van der Waals surface area contributed by atoms with Gasteiger partial charge in [-0.25, -0.2) is 9.37 Å². The van der Waals surface area contributed by atoms with Gasteiger partial charge in [-0.05, 0) is 23.6 Å². The number of oxazole rings is 1. The van der Waals surface area contributed by atoms with Crippen LogP contribution in [0.1, 0.15) is 46.9 Å². The van der Waals surface area contributed by atoms with Gasteiger partial charge >= 0.3 is 6.18 Å². The van der Waals surface area contributed by atoms with Crippen molar-refractivity contribution in [1.29, 1.82) is 0 Å². The SMILES string of the molecule is CC(C)CNC(=O)c1coc(CN(Cc2cccc(C(F)(F)F)c2)Cc2ccccc2F)n1. The van der Waals surface area contributed by atoms with Crippen molar-refractivity contribution in [2.75, 3.05) is 6.54 Å². The number of nitrogens with one attached hydrogen (secondary N) is 1. The Morgan fingerprint density at radius 2 is 1.85 bits per heavy atom. The number of aromatic nitrogens is 1. The number of hydrogen-bond acceptors (Lipinski definition) is 4. The van der Waals surface area contributed by atoms with Crippen molar-refractivity contribution in [2.24, 2.45) is 5.92 Å². The zero-order chi connectivity index (χ0) is 24.0. The lowest BCUT2D eigenvalue weighted by Crippen LogP contribution is -2.27. The van der Waals surface area contributed by atoms with E-state index >= 15 is 0 Å². The highest BCUT2D eigenvalue weighted by molar-refractivity contribution is 5.91. The fourth-order valence-electron chi connectivity index (χ4n) is 3.21. The number of alkyl halides is 3. The van der Waals surface area contributed by atoms with E-state index < -0.39 is 17.6 Å². The Kier molecular flexibility index (Phi) is 7.86. The van der Waals surface area contributed by atoms with Gasteiger partial charge in [0.1, 0.15) is 12.1 Å². The summed E-state index contributed by atoms with van der Waals surface area (Å²) >= 11 is 0. The summed E-state index contributed by atoms with van der Waals surface area (Å²) in [5, 5.41) is 2.74. The first-order valence-corrected chi connectivity index (χ1v) is 10.5. The van der Waals surface area contributed by atoms with Crippen molar-refractivity contribution in [3.63, 3.8) is 0 Å². The maximum Gasteiger partial charge on any atom is 0.416 e. The summed E-state index contributed by atoms with van der Waals surface area (Å²) in [5.74, 6) is -0.331. The first-order valence-electron chi connectivity index (χ1n) is 10.5. The van der Waals surface area contributed by atoms with Crippen LogP contribution in [-0.2, 0) is 25.8 Å². The molecule has 1 aromatic heterocycles. The molecule has 176 valence electrons. The molecule has 1 amide bonds. The average Bonchev–Trinajstić information content (AvgIpc) is 3.22. The van der Waals surface area contributed by atoms with Crippen LogP contribution in [0.2, 0.25) is 0 Å². The van der Waals surface area contributed by atoms with Crippen molar-refractivity contribution in [1.82, 2.24) is 15.2 Å². The van der Waals surface area contributed by atoms with Crippen molar-refractivity contribution in [2.45, 2.75) is 39.7 Å². The average molecular weight is 463 g/mol. The Hall–Kier alpha value is -3.20. The first kappa shape index (κ1) is 24.4. The third-order valence-corrected chi connectivity index (χ3v) is 4.83. The fourth-order valence-corrected chi connectivity index (χ4v) is 3.21. The lowest BCUT2D eigenvalue weighted by atomic mass is 10.1. The van der Waals surface area contributed by atoms with Crippen LogP contribution < -0.4 is 5.32 Å². The molecule has 0 radical (unpaired) electrons. The Morgan fingerprint density at radius 3 is 2.55 bits per heavy atom. The molecule has 1 heterocycles. The topological polar surface area (TPSA) is 58.4 Å². The van der Waals surface area contributed by atoms with E-state index in [1.165, 1.54) is 18.4 Å². The molecule has 0 bridgehead atoms. The molecule has 3 rings (SSSR count). The summed E-state index contributed by atoms with van der Waals surface area (Å²) in [6.07, 6.45) is -3.23. The molecular formula is C24H25F4N3O2. The van der Waals surface area contributed by atoms with Gasteiger partial charge in [0.05, 0.1) is 12.1 Å². The number of rotatable bonds is 9. The summed E-state index contributed by atoms with van der Waals surface area (Å²) in [4.78, 5) is 18.1. The smallest absolute Gasteiger partial charge is 0.416 e. The summed E-state index contributed by atoms with van der Waals surface area (Å²) in [6.45, 7) is 4.68. The minimum atomic E-state index is -4.47. The lowest BCUT2D eigenvalue weighted by Gasteiger charge is -2.22. The minimum Gasteiger partial charge on any atom is -0.447 e. The number of halogens is 4. The lowest BCUT2D eigenvalue weighted by molar-refractivity contribution is -0.137. The zero-order valence-corrected chi connectivity index (χ0v) is 18.3. The van der Waals surface area contributed by atoms with Crippen LogP contribution in [0.4, 0.5) is 17.6 Å². The predicted molar refractivity (Wildman–Crippen MR) is 114 cm³/mol. The fraction of sp³-hybridized carbons (Fsp3) is 0.333. The van der Waals surface area contributed by atoms with Crippen molar-refractivity contribution in [3.05, 3.63) is 88.9 Å². The molecule has 0 spiro atoms. The molecule has 0 unspecified atom stereocenters. The van der Waals surface area contributed by atoms with Gasteiger partial charge in [0.2, 0.25) is 5.89 Å². The van der Waals surface area contributed by atoms with Gasteiger partial charge in [0.25, 0.3) is 5.91 Å². The van der Waals surface area contributed by atoms with Gasteiger partial charge in [-0.1, -0.05) is 50.2 Å². The molecule has 0 saturated heterocycles. The van der Waals surface area contributed by atoms with Gasteiger partial charge in [0, 0.05) is 25.2 Å². The number of nitrogens with zero attached hydrogens (tertiary/aromatic N) is 2. The van der Waals surface area contributed by atoms with Gasteiger partial charge in [-0.3, -0.25) is 9.69 Å². The summed E-state index contributed by atoms with van der Waals surface area (Å²) in [7, 11) is 0. The van der Waals surface area contributed by atoms with Crippen LogP contribution in [0.25, 0.3) is 0 Å². The summed E-state index contributed by atoms with van der Waals surface area (Å²) < 4.78 is 59.0. The molecule has 0 aliphatic carbocycles. The van der Waals surface area contributed by atoms with Gasteiger partial charge in [0.15, 0.2) is 5.69 Å². The van der Waals surface area contributed by atoms with Crippen molar-refractivity contribution >= 4 is 5.91 Å². The van der Waals surface area contributed by atoms with Crippen LogP contribution >= 0.6 is 0 Å². The van der Waals surface area contributed by atoms with Crippen LogP contribution in [0.5, 0.6) is 0 Å². The monoisotopic (exact) mass is 463 g/mol. The van der Waals surface area contributed by atoms with Crippen LogP contribution in [-0.4, -0.2) is 22.3 Å². The third-order valence-electron chi connectivity index (χ3n) is 4.83. The number of amides is 1. The van der Waals surface area contributed by atoms with E-state index in [-0.39, 0.29) is 43.0 Å². The molecule has 9 heteroatoms. The molecule has 0 aliphatic rings. The van der Waals surface area contributed by atoms with Crippen molar-refractivity contribution in [3.8, 4) is 0 Å². The highest BCUT2D eigenvalue weighted by Gasteiger charge is 2.30. The van der Waals surface area contributed by atoms with E-state index in [1.807, 2.05) is 13.8 Å². The second kappa shape index (κ2) is 10.6. The molecule has 0 saturated carbocycles. The standard InChI is InChI=1S/C24H25F4N3O2/c1-16(2)11-29-23(32)21-15-33-22(30-21)14-31(13-18-7-3-4-9-20(18)25)12-17-6-5-8-19(10-17)24(26,27)28/h3-10,15-16H,11-14H2,1-2H3,(H,29,32). The van der Waals surface area contributed by atoms with E-state index in [2.05, 4.69) is 10.3 Å². The maximum absolute atomic E-state index is 14.2. The molecular weight excluding hydrogens is 438 g/mol. The van der Waals surface area contributed by atoms with E-state index in [9.17, 15) is 22.4 Å². The number of carbonyl (C=O) groups is 1. The summed E-state index contributed by atoms with van der Waals surface area (Å²) in [5.41, 5.74) is 0.134. The van der Waals surface area contributed by atoms with Gasteiger partial charge in [-0.2, -0.15) is 13.2 Å². The molecule has 1 N–H and O–H groups in total. The van der Waals surface area contributed by atoms with E-state index in [4.69, 9.17) is 4.42 Å². The number of carbonyl (C=O) groups excluding carboxylic acids is 1. The zero-order valence-electron chi connectivity index (χ0n) is 18.3. The second-order valence-corrected chi connectivity index (χ2v) is 8.17. The van der Waals surface area contributed by atoms with Crippen LogP contribution in [0.3, 0.4) is 0 Å². The normalized spacial score (nSPS) is 11.9. The Labute approximate surface area is 189 Å². The highest BCUT2D eigenvalue weighted by Crippen LogP contribution is 2.30. The Bertz CT molecular complexity index is 1080. The number of benzene rings is 2. The molecule has 0 aliphatic heterocycles. The predicted octanol–water partition coefficient (Wildman–Crippen LogP) is 5.42. The molecule has 0 atom stereocenters. The molecule has 5 nitrogen and oxygen atoms in total. The highest BCUT2D eigenvalue weighted by atomic mass is 19.4. The quantitative estimate of drug-likeness (QED) is 0.431. The van der Waals surface area contributed by atoms with E-state index in [1.54, 1.807) is 29.2 Å². The molecule has 2 aromatic carbocycles. The maximum atomic E-state index is 14.2. The summed E-state index contributed by atoms with van der Waals surface area (Å²) in [6, 6.07) is 11.1. The van der Waals surface area contributed by atoms with Crippen LogP contribution in [0.15, 0.2) is 59.2 Å². The van der Waals surface area contributed by atoms with E-state index in [0.29, 0.717) is 17.7 Å². The molecule has 3 aromatic rings. The molecule has 33 heavy (non-hydrogen) atoms. The van der Waals surface area contributed by atoms with Crippen LogP contribution in [0, 0.1) is 11.7 Å². The third kappa shape index (κ3) is 7.15. The molecule has 0 fully saturated rings. The first-order chi connectivity index (χ1) is 15.6.